The van der Waals surface area contributed by atoms with Crippen LogP contribution in [0.5, 0.6) is 0 Å². The number of carbonyl (C=O) groups is 1. The van der Waals surface area contributed by atoms with Crippen LogP contribution in [0.25, 0.3) is 0 Å². The van der Waals surface area contributed by atoms with Gasteiger partial charge in [-0.15, -0.1) is 0 Å². The number of aliphatic hydroxyl groups excluding tert-OH is 1. The molecule has 3 nitrogen and oxygen atoms in total. The molecule has 1 unspecified atom stereocenters. The second kappa shape index (κ2) is 7.37. The molecule has 0 aromatic heterocycles. The number of carbonyl (C=O) groups excluding carboxylic acids is 1. The van der Waals surface area contributed by atoms with Crippen molar-refractivity contribution in [2.45, 2.75) is 37.1 Å². The Kier molecular flexibility index (Phi) is 5.22. The van der Waals surface area contributed by atoms with Crippen LogP contribution in [0.4, 0.5) is 0 Å². The molecule has 0 spiro atoms. The predicted molar refractivity (Wildman–Crippen MR) is 96.0 cm³/mol. The van der Waals surface area contributed by atoms with Crippen LogP contribution in [0.15, 0.2) is 54.6 Å². The van der Waals surface area contributed by atoms with Crippen molar-refractivity contribution in [3.05, 3.63) is 70.7 Å². The Morgan fingerprint density at radius 1 is 1.17 bits per heavy atom. The van der Waals surface area contributed by atoms with Gasteiger partial charge < -0.3 is 10.4 Å². The number of hydrogen-bond acceptors (Lipinski definition) is 2. The van der Waals surface area contributed by atoms with Crippen LogP contribution in [0.3, 0.4) is 0 Å². The molecule has 126 valence electrons. The summed E-state index contributed by atoms with van der Waals surface area (Å²) in [5, 5.41) is 13.0. The minimum Gasteiger partial charge on any atom is -0.396 e. The molecule has 0 bridgehead atoms. The van der Waals surface area contributed by atoms with Gasteiger partial charge in [-0.3, -0.25) is 4.79 Å². The minimum absolute atomic E-state index is 0.0524. The first kappa shape index (κ1) is 17.0. The molecule has 0 radical (unpaired) electrons. The highest BCUT2D eigenvalue weighted by Gasteiger charge is 2.51. The fourth-order valence-electron chi connectivity index (χ4n) is 3.16. The highest BCUT2D eigenvalue weighted by Crippen LogP contribution is 2.49. The van der Waals surface area contributed by atoms with Crippen LogP contribution in [-0.2, 0) is 10.2 Å². The standard InChI is InChI=1S/C20H22ClNO2/c21-17-9-4-8-16(14-17)20(11-12-20)19(24)22-18(10-5-13-23)15-6-2-1-3-7-15/h1-4,6-9,14,18,23H,5,10-13H2,(H,22,24). The lowest BCUT2D eigenvalue weighted by atomic mass is 9.93. The van der Waals surface area contributed by atoms with Crippen molar-refractivity contribution in [1.29, 1.82) is 0 Å². The number of hydrogen-bond donors (Lipinski definition) is 2. The summed E-state index contributed by atoms with van der Waals surface area (Å²) < 4.78 is 0. The van der Waals surface area contributed by atoms with Crippen LogP contribution in [0, 0.1) is 0 Å². The third-order valence-corrected chi connectivity index (χ3v) is 4.96. The first-order chi connectivity index (χ1) is 11.7. The molecule has 1 atom stereocenters. The maximum absolute atomic E-state index is 13.0. The van der Waals surface area contributed by atoms with E-state index in [-0.39, 0.29) is 18.6 Å². The molecule has 24 heavy (non-hydrogen) atoms. The normalized spacial score (nSPS) is 16.4. The molecule has 2 aromatic rings. The Morgan fingerprint density at radius 3 is 2.54 bits per heavy atom. The molecule has 2 aromatic carbocycles. The number of nitrogens with one attached hydrogen (secondary N) is 1. The van der Waals surface area contributed by atoms with E-state index >= 15 is 0 Å². The zero-order valence-electron chi connectivity index (χ0n) is 13.5. The molecular weight excluding hydrogens is 322 g/mol. The summed E-state index contributed by atoms with van der Waals surface area (Å²) in [4.78, 5) is 13.0. The summed E-state index contributed by atoms with van der Waals surface area (Å²) in [6, 6.07) is 17.4. The van der Waals surface area contributed by atoms with E-state index in [9.17, 15) is 4.79 Å². The summed E-state index contributed by atoms with van der Waals surface area (Å²) in [7, 11) is 0. The van der Waals surface area contributed by atoms with Crippen LogP contribution in [-0.4, -0.2) is 17.6 Å². The largest absolute Gasteiger partial charge is 0.396 e. The van der Waals surface area contributed by atoms with Crippen LogP contribution < -0.4 is 5.32 Å². The molecule has 1 fully saturated rings. The molecule has 1 amide bonds. The molecule has 1 saturated carbocycles. The van der Waals surface area contributed by atoms with Crippen LogP contribution >= 0.6 is 11.6 Å². The van der Waals surface area contributed by atoms with Gasteiger partial charge in [0.15, 0.2) is 0 Å². The lowest BCUT2D eigenvalue weighted by Gasteiger charge is -2.23. The van der Waals surface area contributed by atoms with Gasteiger partial charge in [-0.25, -0.2) is 0 Å². The number of benzene rings is 2. The number of amides is 1. The molecule has 0 heterocycles. The SMILES string of the molecule is O=C(NC(CCCO)c1ccccc1)C1(c2cccc(Cl)c2)CC1. The van der Waals surface area contributed by atoms with E-state index in [1.165, 1.54) is 0 Å². The van der Waals surface area contributed by atoms with Crippen LogP contribution in [0.2, 0.25) is 5.02 Å². The zero-order chi connectivity index (χ0) is 17.0. The Hall–Kier alpha value is -1.84. The fraction of sp³-hybridized carbons (Fsp3) is 0.350. The van der Waals surface area contributed by atoms with Crippen molar-refractivity contribution in [3.63, 3.8) is 0 Å². The third-order valence-electron chi connectivity index (χ3n) is 4.72. The Labute approximate surface area is 147 Å². The molecule has 4 heteroatoms. The summed E-state index contributed by atoms with van der Waals surface area (Å²) in [5.74, 6) is 0.0524. The van der Waals surface area contributed by atoms with Gasteiger partial charge in [-0.2, -0.15) is 0 Å². The Balaban J connectivity index is 1.78. The van der Waals surface area contributed by atoms with Crippen molar-refractivity contribution in [2.24, 2.45) is 0 Å². The quantitative estimate of drug-likeness (QED) is 0.798. The molecule has 2 N–H and O–H groups in total. The van der Waals surface area contributed by atoms with Gasteiger partial charge in [-0.05, 0) is 48.9 Å². The fourth-order valence-corrected chi connectivity index (χ4v) is 3.35. The van der Waals surface area contributed by atoms with Crippen molar-refractivity contribution < 1.29 is 9.90 Å². The predicted octanol–water partition coefficient (Wildman–Crippen LogP) is 4.00. The summed E-state index contributed by atoms with van der Waals surface area (Å²) in [6.45, 7) is 0.124. The first-order valence-electron chi connectivity index (χ1n) is 8.38. The van der Waals surface area contributed by atoms with Crippen molar-refractivity contribution in [1.82, 2.24) is 5.32 Å². The monoisotopic (exact) mass is 343 g/mol. The molecule has 0 aliphatic heterocycles. The highest BCUT2D eigenvalue weighted by molar-refractivity contribution is 6.30. The number of halogens is 1. The van der Waals surface area contributed by atoms with E-state index in [0.717, 1.165) is 30.4 Å². The third kappa shape index (κ3) is 3.63. The lowest BCUT2D eigenvalue weighted by Crippen LogP contribution is -2.37. The smallest absolute Gasteiger partial charge is 0.231 e. The van der Waals surface area contributed by atoms with E-state index in [4.69, 9.17) is 16.7 Å². The molecule has 3 rings (SSSR count). The Bertz CT molecular complexity index is 698. The van der Waals surface area contributed by atoms with Gasteiger partial charge in [0.05, 0.1) is 11.5 Å². The molecule has 1 aliphatic carbocycles. The molecular formula is C20H22ClNO2. The van der Waals surface area contributed by atoms with Gasteiger partial charge in [0.25, 0.3) is 0 Å². The topological polar surface area (TPSA) is 49.3 Å². The molecule has 1 aliphatic rings. The summed E-state index contributed by atoms with van der Waals surface area (Å²) >= 11 is 6.09. The summed E-state index contributed by atoms with van der Waals surface area (Å²) in [6.07, 6.45) is 3.07. The van der Waals surface area contributed by atoms with Crippen molar-refractivity contribution in [3.8, 4) is 0 Å². The zero-order valence-corrected chi connectivity index (χ0v) is 14.3. The second-order valence-electron chi connectivity index (χ2n) is 6.40. The maximum atomic E-state index is 13.0. The van der Waals surface area contributed by atoms with E-state index in [1.54, 1.807) is 0 Å². The van der Waals surface area contributed by atoms with Gasteiger partial charge in [0.2, 0.25) is 5.91 Å². The first-order valence-corrected chi connectivity index (χ1v) is 8.76. The lowest BCUT2D eigenvalue weighted by molar-refractivity contribution is -0.124. The average Bonchev–Trinajstić information content (AvgIpc) is 3.41. The van der Waals surface area contributed by atoms with Crippen molar-refractivity contribution >= 4 is 17.5 Å². The van der Waals surface area contributed by atoms with Crippen molar-refractivity contribution in [2.75, 3.05) is 6.61 Å². The Morgan fingerprint density at radius 2 is 1.92 bits per heavy atom. The van der Waals surface area contributed by atoms with Gasteiger partial charge >= 0.3 is 0 Å². The van der Waals surface area contributed by atoms with E-state index in [1.807, 2.05) is 54.6 Å². The van der Waals surface area contributed by atoms with E-state index < -0.39 is 5.41 Å². The van der Waals surface area contributed by atoms with Gasteiger partial charge in [-0.1, -0.05) is 54.1 Å². The van der Waals surface area contributed by atoms with Gasteiger partial charge in [0.1, 0.15) is 0 Å². The van der Waals surface area contributed by atoms with Crippen LogP contribution in [0.1, 0.15) is 42.9 Å². The highest BCUT2D eigenvalue weighted by atomic mass is 35.5. The van der Waals surface area contributed by atoms with E-state index in [0.29, 0.717) is 11.4 Å². The second-order valence-corrected chi connectivity index (χ2v) is 6.83. The minimum atomic E-state index is -0.447. The average molecular weight is 344 g/mol. The number of aliphatic hydroxyl groups is 1. The van der Waals surface area contributed by atoms with E-state index in [2.05, 4.69) is 5.32 Å². The molecule has 0 saturated heterocycles. The number of rotatable bonds is 7. The maximum Gasteiger partial charge on any atom is 0.231 e. The summed E-state index contributed by atoms with van der Waals surface area (Å²) in [5.41, 5.74) is 1.61. The van der Waals surface area contributed by atoms with Gasteiger partial charge in [0, 0.05) is 11.6 Å².